The molecule has 0 radical (unpaired) electrons. The number of ether oxygens (including phenoxy) is 1. The summed E-state index contributed by atoms with van der Waals surface area (Å²) in [5.74, 6) is -0.0342. The number of hydrogen-bond donors (Lipinski definition) is 2. The molecule has 1 aromatic rings. The first-order valence-corrected chi connectivity index (χ1v) is 9.38. The maximum atomic E-state index is 11.4. The van der Waals surface area contributed by atoms with Crippen molar-refractivity contribution in [1.82, 2.24) is 0 Å². The highest BCUT2D eigenvalue weighted by Crippen LogP contribution is 2.22. The third kappa shape index (κ3) is 7.18. The first kappa shape index (κ1) is 20.5. The Hall–Kier alpha value is -1.85. The standard InChI is InChI=1S/C21H30O5/c1-15(5-3-7-17-9-10-25-14-17)11-19(22)12-16(2)6-4-8-18-13-20(23)26-21(18)24/h5,9-10,13-14,16,19-20,22-23H,3-4,6-8,11-12H2,1-2H3/b15-5+/t16-,19+,20+/m1/s1. The van der Waals surface area contributed by atoms with Crippen molar-refractivity contribution >= 4 is 5.97 Å². The molecule has 2 rings (SSSR count). The first-order valence-electron chi connectivity index (χ1n) is 9.38. The van der Waals surface area contributed by atoms with Crippen LogP contribution in [0.25, 0.3) is 0 Å². The molecule has 5 heteroatoms. The lowest BCUT2D eigenvalue weighted by molar-refractivity contribution is -0.151. The molecular weight excluding hydrogens is 332 g/mol. The van der Waals surface area contributed by atoms with Gasteiger partial charge < -0.3 is 19.4 Å². The van der Waals surface area contributed by atoms with E-state index in [2.05, 4.69) is 24.7 Å². The zero-order chi connectivity index (χ0) is 18.9. The summed E-state index contributed by atoms with van der Waals surface area (Å²) < 4.78 is 9.72. The lowest BCUT2D eigenvalue weighted by atomic mass is 9.93. The number of allylic oxidation sites excluding steroid dienone is 1. The molecule has 1 aromatic heterocycles. The van der Waals surface area contributed by atoms with Crippen molar-refractivity contribution in [2.24, 2.45) is 5.92 Å². The van der Waals surface area contributed by atoms with Gasteiger partial charge in [-0.25, -0.2) is 4.79 Å². The fourth-order valence-corrected chi connectivity index (χ4v) is 3.33. The van der Waals surface area contributed by atoms with Gasteiger partial charge in [-0.1, -0.05) is 25.0 Å². The average molecular weight is 362 g/mol. The minimum absolute atomic E-state index is 0.340. The van der Waals surface area contributed by atoms with Gasteiger partial charge in [0.1, 0.15) is 0 Å². The zero-order valence-electron chi connectivity index (χ0n) is 15.7. The van der Waals surface area contributed by atoms with Crippen molar-refractivity contribution in [3.8, 4) is 0 Å². The number of furan rings is 1. The van der Waals surface area contributed by atoms with Gasteiger partial charge in [-0.15, -0.1) is 0 Å². The van der Waals surface area contributed by atoms with Crippen LogP contribution in [0, 0.1) is 5.92 Å². The Kier molecular flexibility index (Phi) is 8.13. The molecule has 26 heavy (non-hydrogen) atoms. The number of hydrogen-bond acceptors (Lipinski definition) is 5. The number of aliphatic hydroxyl groups excluding tert-OH is 2. The highest BCUT2D eigenvalue weighted by Gasteiger charge is 2.23. The molecule has 1 aliphatic heterocycles. The lowest BCUT2D eigenvalue weighted by Crippen LogP contribution is -2.12. The first-order chi connectivity index (χ1) is 12.4. The van der Waals surface area contributed by atoms with Gasteiger partial charge in [0.25, 0.3) is 0 Å². The van der Waals surface area contributed by atoms with Crippen molar-refractivity contribution in [1.29, 1.82) is 0 Å². The van der Waals surface area contributed by atoms with E-state index in [1.807, 2.05) is 6.07 Å². The summed E-state index contributed by atoms with van der Waals surface area (Å²) in [7, 11) is 0. The molecule has 3 atom stereocenters. The van der Waals surface area contributed by atoms with Crippen LogP contribution in [0.2, 0.25) is 0 Å². The molecule has 144 valence electrons. The van der Waals surface area contributed by atoms with Crippen LogP contribution >= 0.6 is 0 Å². The van der Waals surface area contributed by atoms with E-state index in [0.29, 0.717) is 24.3 Å². The Balaban J connectivity index is 1.60. The van der Waals surface area contributed by atoms with E-state index in [4.69, 9.17) is 4.42 Å². The highest BCUT2D eigenvalue weighted by molar-refractivity contribution is 5.90. The lowest BCUT2D eigenvalue weighted by Gasteiger charge is -2.16. The van der Waals surface area contributed by atoms with Crippen LogP contribution in [0.3, 0.4) is 0 Å². The normalized spacial score (nSPS) is 20.0. The van der Waals surface area contributed by atoms with Gasteiger partial charge in [-0.05, 0) is 69.1 Å². The van der Waals surface area contributed by atoms with E-state index in [9.17, 15) is 15.0 Å². The molecule has 2 N–H and O–H groups in total. The number of carbonyl (C=O) groups excluding carboxylic acids is 1. The molecule has 5 nitrogen and oxygen atoms in total. The summed E-state index contributed by atoms with van der Waals surface area (Å²) in [6.07, 6.45) is 11.4. The van der Waals surface area contributed by atoms with E-state index in [1.165, 1.54) is 17.2 Å². The number of aliphatic hydroxyl groups is 2. The SMILES string of the molecule is C/C(=C\CCc1ccoc1)C[C@H](O)C[C@H](C)CCCC1=C[C@@H](O)OC1=O. The largest absolute Gasteiger partial charge is 0.472 e. The molecular formula is C21H30O5. The second-order valence-corrected chi connectivity index (χ2v) is 7.30. The topological polar surface area (TPSA) is 79.9 Å². The van der Waals surface area contributed by atoms with Gasteiger partial charge in [-0.2, -0.15) is 0 Å². The quantitative estimate of drug-likeness (QED) is 0.461. The van der Waals surface area contributed by atoms with Crippen LogP contribution in [0.5, 0.6) is 0 Å². The van der Waals surface area contributed by atoms with Crippen molar-refractivity contribution in [2.45, 2.75) is 71.2 Å². The summed E-state index contributed by atoms with van der Waals surface area (Å²) in [6, 6.07) is 1.97. The molecule has 0 saturated heterocycles. The molecule has 0 bridgehead atoms. The van der Waals surface area contributed by atoms with Crippen LogP contribution < -0.4 is 0 Å². The Morgan fingerprint density at radius 3 is 2.85 bits per heavy atom. The van der Waals surface area contributed by atoms with E-state index in [0.717, 1.165) is 32.1 Å². The molecule has 0 fully saturated rings. The van der Waals surface area contributed by atoms with Crippen molar-refractivity contribution in [2.75, 3.05) is 0 Å². The summed E-state index contributed by atoms with van der Waals surface area (Å²) in [5, 5.41) is 19.5. The molecule has 0 aliphatic carbocycles. The molecule has 0 spiro atoms. The van der Waals surface area contributed by atoms with Crippen molar-refractivity contribution in [3.05, 3.63) is 47.5 Å². The second kappa shape index (κ2) is 10.3. The van der Waals surface area contributed by atoms with E-state index >= 15 is 0 Å². The summed E-state index contributed by atoms with van der Waals surface area (Å²) >= 11 is 0. The molecule has 1 aliphatic rings. The van der Waals surface area contributed by atoms with E-state index in [-0.39, 0.29) is 6.10 Å². The molecule has 0 amide bonds. The highest BCUT2D eigenvalue weighted by atomic mass is 16.6. The van der Waals surface area contributed by atoms with Crippen LogP contribution in [-0.2, 0) is 16.0 Å². The Labute approximate surface area is 155 Å². The maximum absolute atomic E-state index is 11.4. The van der Waals surface area contributed by atoms with Crippen LogP contribution in [0.1, 0.15) is 57.9 Å². The van der Waals surface area contributed by atoms with Gasteiger partial charge in [-0.3, -0.25) is 0 Å². The van der Waals surface area contributed by atoms with E-state index < -0.39 is 12.3 Å². The third-order valence-electron chi connectivity index (χ3n) is 4.71. The number of cyclic esters (lactones) is 1. The third-order valence-corrected chi connectivity index (χ3v) is 4.71. The van der Waals surface area contributed by atoms with Gasteiger partial charge in [0, 0.05) is 5.57 Å². The summed E-state index contributed by atoms with van der Waals surface area (Å²) in [5.41, 5.74) is 2.96. The van der Waals surface area contributed by atoms with Gasteiger partial charge in [0.2, 0.25) is 6.29 Å². The van der Waals surface area contributed by atoms with Gasteiger partial charge in [0.05, 0.1) is 18.6 Å². The Morgan fingerprint density at radius 2 is 2.19 bits per heavy atom. The zero-order valence-corrected chi connectivity index (χ0v) is 15.7. The smallest absolute Gasteiger partial charge is 0.336 e. The maximum Gasteiger partial charge on any atom is 0.336 e. The Bertz CT molecular complexity index is 614. The molecule has 0 aromatic carbocycles. The van der Waals surface area contributed by atoms with Gasteiger partial charge in [0.15, 0.2) is 0 Å². The fourth-order valence-electron chi connectivity index (χ4n) is 3.33. The summed E-state index contributed by atoms with van der Waals surface area (Å²) in [4.78, 5) is 11.4. The summed E-state index contributed by atoms with van der Waals surface area (Å²) in [6.45, 7) is 4.18. The predicted octanol–water partition coefficient (Wildman–Crippen LogP) is 3.91. The Morgan fingerprint density at radius 1 is 1.38 bits per heavy atom. The fraction of sp³-hybridized carbons (Fsp3) is 0.571. The number of rotatable bonds is 11. The number of aryl methyl sites for hydroxylation is 1. The number of esters is 1. The molecule has 0 unspecified atom stereocenters. The van der Waals surface area contributed by atoms with Crippen molar-refractivity contribution < 1.29 is 24.2 Å². The molecule has 0 saturated carbocycles. The van der Waals surface area contributed by atoms with Crippen LogP contribution in [0.15, 0.2) is 46.3 Å². The van der Waals surface area contributed by atoms with E-state index in [1.54, 1.807) is 12.5 Å². The average Bonchev–Trinajstić information content (AvgIpc) is 3.17. The van der Waals surface area contributed by atoms with Crippen molar-refractivity contribution in [3.63, 3.8) is 0 Å². The predicted molar refractivity (Wildman–Crippen MR) is 99.2 cm³/mol. The molecule has 2 heterocycles. The monoisotopic (exact) mass is 362 g/mol. The second-order valence-electron chi connectivity index (χ2n) is 7.30. The number of carbonyl (C=O) groups is 1. The minimum Gasteiger partial charge on any atom is -0.472 e. The van der Waals surface area contributed by atoms with Crippen LogP contribution in [-0.4, -0.2) is 28.6 Å². The van der Waals surface area contributed by atoms with Crippen LogP contribution in [0.4, 0.5) is 0 Å². The van der Waals surface area contributed by atoms with Gasteiger partial charge >= 0.3 is 5.97 Å². The minimum atomic E-state index is -1.08.